The highest BCUT2D eigenvalue weighted by molar-refractivity contribution is 9.10. The minimum absolute atomic E-state index is 0.309. The molecule has 1 aromatic heterocycles. The first-order valence-corrected chi connectivity index (χ1v) is 4.46. The molecule has 0 amide bonds. The number of imidazole rings is 1. The Morgan fingerprint density at radius 3 is 2.92 bits per heavy atom. The molecule has 0 spiro atoms. The molecule has 2 rings (SSSR count). The van der Waals surface area contributed by atoms with Crippen molar-refractivity contribution in [1.82, 2.24) is 9.55 Å². The van der Waals surface area contributed by atoms with Crippen molar-refractivity contribution in [2.24, 2.45) is 7.05 Å². The van der Waals surface area contributed by atoms with E-state index < -0.39 is 0 Å². The molecule has 0 radical (unpaired) electrons. The van der Waals surface area contributed by atoms with Gasteiger partial charge in [-0.05, 0) is 12.1 Å². The Morgan fingerprint density at radius 1 is 1.54 bits per heavy atom. The number of halogens is 2. The summed E-state index contributed by atoms with van der Waals surface area (Å²) in [5.74, 6) is -0.0522. The number of anilines is 1. The van der Waals surface area contributed by atoms with Gasteiger partial charge in [-0.3, -0.25) is 0 Å². The van der Waals surface area contributed by atoms with Crippen LogP contribution >= 0.6 is 15.9 Å². The van der Waals surface area contributed by atoms with Crippen LogP contribution in [0.15, 0.2) is 16.6 Å². The van der Waals surface area contributed by atoms with Crippen LogP contribution < -0.4 is 5.73 Å². The molecule has 13 heavy (non-hydrogen) atoms. The van der Waals surface area contributed by atoms with Crippen molar-refractivity contribution >= 4 is 32.9 Å². The first kappa shape index (κ1) is 8.50. The van der Waals surface area contributed by atoms with Gasteiger partial charge in [0.15, 0.2) is 5.82 Å². The average Bonchev–Trinajstić information content (AvgIpc) is 2.32. The molecule has 0 saturated carbocycles. The molecular formula is C8H7BrFN3. The minimum Gasteiger partial charge on any atom is -0.369 e. The number of hydrogen-bond donors (Lipinski definition) is 1. The molecule has 0 bridgehead atoms. The predicted molar refractivity (Wildman–Crippen MR) is 52.8 cm³/mol. The number of fused-ring (bicyclic) bond motifs is 1. The summed E-state index contributed by atoms with van der Waals surface area (Å²) in [6.45, 7) is 0. The van der Waals surface area contributed by atoms with Gasteiger partial charge in [0.2, 0.25) is 5.95 Å². The van der Waals surface area contributed by atoms with Crippen molar-refractivity contribution in [2.45, 2.75) is 0 Å². The molecule has 5 heteroatoms. The molecule has 0 fully saturated rings. The van der Waals surface area contributed by atoms with E-state index in [1.807, 2.05) is 0 Å². The number of aryl methyl sites for hydroxylation is 1. The Hall–Kier alpha value is -1.10. The van der Waals surface area contributed by atoms with Crippen LogP contribution in [-0.4, -0.2) is 9.55 Å². The van der Waals surface area contributed by atoms with Gasteiger partial charge in [-0.15, -0.1) is 0 Å². The van der Waals surface area contributed by atoms with Crippen LogP contribution in [0.4, 0.5) is 10.3 Å². The Labute approximate surface area is 82.5 Å². The zero-order valence-corrected chi connectivity index (χ0v) is 8.47. The third-order valence-corrected chi connectivity index (χ3v) is 2.40. The Morgan fingerprint density at radius 2 is 2.23 bits per heavy atom. The van der Waals surface area contributed by atoms with Crippen molar-refractivity contribution in [3.63, 3.8) is 0 Å². The summed E-state index contributed by atoms with van der Waals surface area (Å²) in [7, 11) is 1.75. The summed E-state index contributed by atoms with van der Waals surface area (Å²) in [5, 5.41) is 0. The van der Waals surface area contributed by atoms with Crippen LogP contribution in [0.3, 0.4) is 0 Å². The maximum Gasteiger partial charge on any atom is 0.201 e. The predicted octanol–water partition coefficient (Wildman–Crippen LogP) is 2.06. The highest BCUT2D eigenvalue weighted by Crippen LogP contribution is 2.23. The van der Waals surface area contributed by atoms with Crippen LogP contribution in [0.25, 0.3) is 11.0 Å². The zero-order valence-electron chi connectivity index (χ0n) is 6.88. The lowest BCUT2D eigenvalue weighted by Gasteiger charge is -1.96. The molecule has 0 unspecified atom stereocenters. The van der Waals surface area contributed by atoms with E-state index in [0.717, 1.165) is 0 Å². The highest BCUT2D eigenvalue weighted by Gasteiger charge is 2.09. The van der Waals surface area contributed by atoms with Crippen LogP contribution in [0, 0.1) is 5.82 Å². The summed E-state index contributed by atoms with van der Waals surface area (Å²) in [4.78, 5) is 3.90. The molecule has 68 valence electrons. The SMILES string of the molecule is Cn1c(N)nc2c(F)cc(Br)cc21. The maximum absolute atomic E-state index is 13.3. The van der Waals surface area contributed by atoms with Crippen LogP contribution in [-0.2, 0) is 7.05 Å². The second kappa shape index (κ2) is 2.70. The second-order valence-corrected chi connectivity index (χ2v) is 3.70. The molecular weight excluding hydrogens is 237 g/mol. The summed E-state index contributed by atoms with van der Waals surface area (Å²) >= 11 is 3.20. The van der Waals surface area contributed by atoms with Crippen molar-refractivity contribution in [2.75, 3.05) is 5.73 Å². The third-order valence-electron chi connectivity index (χ3n) is 1.94. The second-order valence-electron chi connectivity index (χ2n) is 2.78. The number of nitrogen functional groups attached to an aromatic ring is 1. The van der Waals surface area contributed by atoms with Crippen LogP contribution in [0.1, 0.15) is 0 Å². The summed E-state index contributed by atoms with van der Waals surface area (Å²) in [5.41, 5.74) is 6.53. The Kier molecular flexibility index (Phi) is 1.76. The van der Waals surface area contributed by atoms with E-state index in [-0.39, 0.29) is 5.82 Å². The summed E-state index contributed by atoms with van der Waals surface area (Å²) in [6, 6.07) is 3.15. The fourth-order valence-electron chi connectivity index (χ4n) is 1.23. The van der Waals surface area contributed by atoms with E-state index >= 15 is 0 Å². The first-order valence-electron chi connectivity index (χ1n) is 3.66. The lowest BCUT2D eigenvalue weighted by molar-refractivity contribution is 0.636. The van der Waals surface area contributed by atoms with Crippen molar-refractivity contribution in [1.29, 1.82) is 0 Å². The zero-order chi connectivity index (χ0) is 9.59. The van der Waals surface area contributed by atoms with E-state index in [1.165, 1.54) is 6.07 Å². The standard InChI is InChI=1S/C8H7BrFN3/c1-13-6-3-4(9)2-5(10)7(6)12-8(13)11/h2-3H,1H3,(H2,11,12). The third kappa shape index (κ3) is 1.19. The van der Waals surface area contributed by atoms with Crippen LogP contribution in [0.2, 0.25) is 0 Å². The average molecular weight is 244 g/mol. The fraction of sp³-hybridized carbons (Fsp3) is 0.125. The molecule has 1 heterocycles. The van der Waals surface area contributed by atoms with E-state index in [0.29, 0.717) is 21.5 Å². The number of nitrogens with zero attached hydrogens (tertiary/aromatic N) is 2. The van der Waals surface area contributed by atoms with Gasteiger partial charge in [0.1, 0.15) is 5.52 Å². The van der Waals surface area contributed by atoms with Gasteiger partial charge in [-0.25, -0.2) is 9.37 Å². The lowest BCUT2D eigenvalue weighted by Crippen LogP contribution is -1.95. The molecule has 0 atom stereocenters. The van der Waals surface area contributed by atoms with Gasteiger partial charge < -0.3 is 10.3 Å². The normalized spacial score (nSPS) is 11.0. The van der Waals surface area contributed by atoms with Gasteiger partial charge in [-0.1, -0.05) is 15.9 Å². The summed E-state index contributed by atoms with van der Waals surface area (Å²) < 4.78 is 15.6. The van der Waals surface area contributed by atoms with E-state index in [9.17, 15) is 4.39 Å². The van der Waals surface area contributed by atoms with Gasteiger partial charge >= 0.3 is 0 Å². The fourth-order valence-corrected chi connectivity index (χ4v) is 1.65. The Bertz CT molecular complexity index is 478. The van der Waals surface area contributed by atoms with E-state index in [4.69, 9.17) is 5.73 Å². The first-order chi connectivity index (χ1) is 6.09. The van der Waals surface area contributed by atoms with Crippen LogP contribution in [0.5, 0.6) is 0 Å². The quantitative estimate of drug-likeness (QED) is 0.770. The van der Waals surface area contributed by atoms with Gasteiger partial charge in [0, 0.05) is 11.5 Å². The van der Waals surface area contributed by atoms with Gasteiger partial charge in [-0.2, -0.15) is 0 Å². The molecule has 2 aromatic rings. The lowest BCUT2D eigenvalue weighted by atomic mass is 10.3. The van der Waals surface area contributed by atoms with Gasteiger partial charge in [0.25, 0.3) is 0 Å². The number of hydrogen-bond acceptors (Lipinski definition) is 2. The smallest absolute Gasteiger partial charge is 0.201 e. The van der Waals surface area contributed by atoms with Crippen molar-refractivity contribution in [3.8, 4) is 0 Å². The molecule has 3 nitrogen and oxygen atoms in total. The largest absolute Gasteiger partial charge is 0.369 e. The minimum atomic E-state index is -0.364. The monoisotopic (exact) mass is 243 g/mol. The topological polar surface area (TPSA) is 43.8 Å². The molecule has 0 saturated heterocycles. The van der Waals surface area contributed by atoms with E-state index in [1.54, 1.807) is 17.7 Å². The molecule has 1 aromatic carbocycles. The molecule has 0 aliphatic carbocycles. The number of rotatable bonds is 0. The van der Waals surface area contributed by atoms with E-state index in [2.05, 4.69) is 20.9 Å². The molecule has 0 aliphatic heterocycles. The Balaban J connectivity index is 2.94. The van der Waals surface area contributed by atoms with Crippen molar-refractivity contribution < 1.29 is 4.39 Å². The number of benzene rings is 1. The molecule has 0 aliphatic rings. The number of aromatic nitrogens is 2. The summed E-state index contributed by atoms with van der Waals surface area (Å²) in [6.07, 6.45) is 0. The maximum atomic E-state index is 13.3. The van der Waals surface area contributed by atoms with Gasteiger partial charge in [0.05, 0.1) is 5.52 Å². The highest BCUT2D eigenvalue weighted by atomic mass is 79.9. The number of nitrogens with two attached hydrogens (primary N) is 1. The molecule has 2 N–H and O–H groups in total. The van der Waals surface area contributed by atoms with Crippen molar-refractivity contribution in [3.05, 3.63) is 22.4 Å².